The van der Waals surface area contributed by atoms with E-state index in [0.29, 0.717) is 32.0 Å². The van der Waals surface area contributed by atoms with Crippen LogP contribution in [0.15, 0.2) is 12.0 Å². The fourth-order valence-corrected chi connectivity index (χ4v) is 6.54. The lowest BCUT2D eigenvalue weighted by Gasteiger charge is -2.22. The van der Waals surface area contributed by atoms with E-state index in [-0.39, 0.29) is 17.9 Å². The average Bonchev–Trinajstić information content (AvgIpc) is 3.13. The van der Waals surface area contributed by atoms with Crippen LogP contribution in [0.5, 0.6) is 0 Å². The minimum absolute atomic E-state index is 0.0229. The van der Waals surface area contributed by atoms with Crippen LogP contribution < -0.4 is 10.6 Å². The van der Waals surface area contributed by atoms with Gasteiger partial charge in [0.2, 0.25) is 0 Å². The van der Waals surface area contributed by atoms with Gasteiger partial charge in [0.05, 0.1) is 24.1 Å². The quantitative estimate of drug-likeness (QED) is 0.0274. The van der Waals surface area contributed by atoms with Gasteiger partial charge in [-0.15, -0.1) is 0 Å². The maximum Gasteiger partial charge on any atom is 0.308 e. The van der Waals surface area contributed by atoms with Gasteiger partial charge in [-0.1, -0.05) is 136 Å². The van der Waals surface area contributed by atoms with Gasteiger partial charge in [-0.25, -0.2) is 0 Å². The Balaban J connectivity index is 4.38. The van der Waals surface area contributed by atoms with E-state index >= 15 is 0 Å². The summed E-state index contributed by atoms with van der Waals surface area (Å²) in [6.07, 6.45) is 30.6. The largest absolute Gasteiger partial charge is 0.466 e. The normalized spacial score (nSPS) is 12.2. The van der Waals surface area contributed by atoms with Crippen molar-refractivity contribution in [1.82, 2.24) is 15.5 Å². The molecule has 0 aliphatic carbocycles. The van der Waals surface area contributed by atoms with Gasteiger partial charge in [0.25, 0.3) is 6.20 Å². The third-order valence-electron chi connectivity index (χ3n) is 9.85. The van der Waals surface area contributed by atoms with Gasteiger partial charge in [-0.05, 0) is 71.0 Å². The number of hydrogen-bond donors (Lipinski definition) is 2. The molecule has 0 spiro atoms. The molecule has 10 heteroatoms. The smallest absolute Gasteiger partial charge is 0.308 e. The predicted molar refractivity (Wildman–Crippen MR) is 216 cm³/mol. The lowest BCUT2D eigenvalue weighted by atomic mass is 9.95. The van der Waals surface area contributed by atoms with Crippen molar-refractivity contribution in [1.29, 1.82) is 0 Å². The summed E-state index contributed by atoms with van der Waals surface area (Å²) in [5.74, 6) is 0.465. The Kier molecular flexibility index (Phi) is 36.6. The molecule has 0 bridgehead atoms. The number of nitrogens with zero attached hydrogens (tertiary/aromatic N) is 2. The minimum Gasteiger partial charge on any atom is -0.466 e. The Bertz CT molecular complexity index is 871. The molecule has 0 saturated carbocycles. The zero-order valence-electron chi connectivity index (χ0n) is 34.3. The molecule has 1 atom stereocenters. The molecular weight excluding hydrogens is 656 g/mol. The zero-order valence-corrected chi connectivity index (χ0v) is 34.3. The monoisotopic (exact) mass is 739 g/mol. The van der Waals surface area contributed by atoms with Crippen LogP contribution in [0.3, 0.4) is 0 Å². The van der Waals surface area contributed by atoms with E-state index in [9.17, 15) is 19.7 Å². The second-order valence-electron chi connectivity index (χ2n) is 14.7. The first kappa shape index (κ1) is 49.6. The van der Waals surface area contributed by atoms with Gasteiger partial charge in [-0.2, -0.15) is 0 Å². The summed E-state index contributed by atoms with van der Waals surface area (Å²) < 4.78 is 11.1. The number of ether oxygens (including phenoxy) is 2. The maximum absolute atomic E-state index is 12.8. The Morgan fingerprint density at radius 3 is 1.67 bits per heavy atom. The molecular formula is C42H82N4O6. The molecule has 10 nitrogen and oxygen atoms in total. The van der Waals surface area contributed by atoms with Gasteiger partial charge in [-0.3, -0.25) is 19.7 Å². The first-order valence-corrected chi connectivity index (χ1v) is 21.7. The van der Waals surface area contributed by atoms with Gasteiger partial charge < -0.3 is 25.0 Å². The topological polar surface area (TPSA) is 123 Å². The zero-order chi connectivity index (χ0) is 38.3. The van der Waals surface area contributed by atoms with E-state index in [1.165, 1.54) is 57.8 Å². The molecule has 0 fully saturated rings. The molecule has 0 aromatic heterocycles. The van der Waals surface area contributed by atoms with Crippen molar-refractivity contribution in [3.63, 3.8) is 0 Å². The van der Waals surface area contributed by atoms with Crippen LogP contribution in [0.25, 0.3) is 0 Å². The van der Waals surface area contributed by atoms with Crippen LogP contribution in [-0.4, -0.2) is 68.2 Å². The Labute approximate surface area is 319 Å². The maximum atomic E-state index is 12.8. The Morgan fingerprint density at radius 1 is 0.635 bits per heavy atom. The molecule has 52 heavy (non-hydrogen) atoms. The molecule has 0 aromatic rings. The molecule has 0 saturated heterocycles. The highest BCUT2D eigenvalue weighted by Crippen LogP contribution is 2.20. The van der Waals surface area contributed by atoms with E-state index in [1.807, 2.05) is 0 Å². The van der Waals surface area contributed by atoms with Crippen molar-refractivity contribution < 1.29 is 24.0 Å². The lowest BCUT2D eigenvalue weighted by molar-refractivity contribution is -0.404. The Hall–Kier alpha value is -2.36. The molecule has 0 heterocycles. The van der Waals surface area contributed by atoms with Crippen molar-refractivity contribution in [2.75, 3.05) is 46.4 Å². The lowest BCUT2D eigenvalue weighted by Crippen LogP contribution is -2.31. The Morgan fingerprint density at radius 2 is 1.10 bits per heavy atom. The fourth-order valence-electron chi connectivity index (χ4n) is 6.54. The molecule has 2 N–H and O–H groups in total. The van der Waals surface area contributed by atoms with Crippen molar-refractivity contribution in [2.24, 2.45) is 5.92 Å². The molecule has 0 radical (unpaired) electrons. The van der Waals surface area contributed by atoms with Gasteiger partial charge in [0, 0.05) is 20.0 Å². The van der Waals surface area contributed by atoms with E-state index < -0.39 is 4.92 Å². The first-order chi connectivity index (χ1) is 25.4. The van der Waals surface area contributed by atoms with Crippen LogP contribution in [0.1, 0.15) is 194 Å². The SMILES string of the molecule is CCCCCCCCOC(=O)CCCCCCCN(CCCCCCCOC(=O)C(CCCCC)CCCCCC)CCCN/C(=C/[N+](=O)[O-])NC. The number of nitrogens with one attached hydrogen (secondary N) is 2. The molecule has 0 amide bonds. The van der Waals surface area contributed by atoms with Crippen LogP contribution in [0.4, 0.5) is 0 Å². The van der Waals surface area contributed by atoms with E-state index in [1.54, 1.807) is 7.05 Å². The number of esters is 2. The average molecular weight is 739 g/mol. The summed E-state index contributed by atoms with van der Waals surface area (Å²) >= 11 is 0. The molecule has 0 rings (SSSR count). The molecule has 0 aromatic carbocycles. The highest BCUT2D eigenvalue weighted by Gasteiger charge is 2.19. The van der Waals surface area contributed by atoms with Crippen LogP contribution in [-0.2, 0) is 19.1 Å². The van der Waals surface area contributed by atoms with Gasteiger partial charge >= 0.3 is 11.9 Å². The van der Waals surface area contributed by atoms with Crippen molar-refractivity contribution in [3.05, 3.63) is 22.1 Å². The summed E-state index contributed by atoms with van der Waals surface area (Å²) in [6, 6.07) is 0. The second-order valence-corrected chi connectivity index (χ2v) is 14.7. The highest BCUT2D eigenvalue weighted by molar-refractivity contribution is 5.72. The van der Waals surface area contributed by atoms with Crippen LogP contribution in [0.2, 0.25) is 0 Å². The predicted octanol–water partition coefficient (Wildman–Crippen LogP) is 10.5. The van der Waals surface area contributed by atoms with E-state index in [2.05, 4.69) is 36.3 Å². The van der Waals surface area contributed by atoms with Gasteiger partial charge in [0.1, 0.15) is 0 Å². The third-order valence-corrected chi connectivity index (χ3v) is 9.85. The van der Waals surface area contributed by atoms with Crippen molar-refractivity contribution in [2.45, 2.75) is 194 Å². The summed E-state index contributed by atoms with van der Waals surface area (Å²) in [5.41, 5.74) is 0. The minimum atomic E-state index is -0.449. The summed E-state index contributed by atoms with van der Waals surface area (Å²) in [4.78, 5) is 37.7. The third kappa shape index (κ3) is 33.5. The van der Waals surface area contributed by atoms with Crippen LogP contribution >= 0.6 is 0 Å². The standard InChI is InChI=1S/C42H82N4O6/c1-5-8-11-13-19-26-36-51-41(47)31-23-16-14-17-24-33-45(35-28-32-44-40(43-4)38-46(49)50)34-25-18-15-20-27-37-52-42(48)39(29-21-10-7-3)30-22-12-9-6-2/h38-39,43-44H,5-37H2,1-4H3/b40-38+. The summed E-state index contributed by atoms with van der Waals surface area (Å²) in [6.45, 7) is 11.4. The van der Waals surface area contributed by atoms with Crippen LogP contribution in [0, 0.1) is 16.0 Å². The highest BCUT2D eigenvalue weighted by atomic mass is 16.6. The number of rotatable bonds is 40. The summed E-state index contributed by atoms with van der Waals surface area (Å²) in [7, 11) is 1.68. The van der Waals surface area contributed by atoms with E-state index in [0.717, 1.165) is 135 Å². The van der Waals surface area contributed by atoms with E-state index in [4.69, 9.17) is 9.47 Å². The number of unbranched alkanes of at least 4 members (excludes halogenated alkanes) is 18. The fraction of sp³-hybridized carbons (Fsp3) is 0.905. The molecule has 0 aliphatic heterocycles. The second kappa shape index (κ2) is 38.4. The van der Waals surface area contributed by atoms with Gasteiger partial charge in [0.15, 0.2) is 5.82 Å². The first-order valence-electron chi connectivity index (χ1n) is 21.7. The number of carbonyl (C=O) groups is 2. The van der Waals surface area contributed by atoms with Crippen molar-refractivity contribution in [3.8, 4) is 0 Å². The number of nitro groups is 1. The molecule has 0 aliphatic rings. The molecule has 1 unspecified atom stereocenters. The number of carbonyl (C=O) groups excluding carboxylic acids is 2. The number of hydrogen-bond acceptors (Lipinski definition) is 9. The molecule has 306 valence electrons. The summed E-state index contributed by atoms with van der Waals surface area (Å²) in [5, 5.41) is 16.8. The van der Waals surface area contributed by atoms with Crippen molar-refractivity contribution >= 4 is 11.9 Å².